The van der Waals surface area contributed by atoms with Crippen LogP contribution in [0, 0.1) is 11.7 Å². The van der Waals surface area contributed by atoms with Crippen molar-refractivity contribution < 1.29 is 17.8 Å². The summed E-state index contributed by atoms with van der Waals surface area (Å²) < 4.78 is 45.5. The summed E-state index contributed by atoms with van der Waals surface area (Å²) >= 11 is 6.54. The van der Waals surface area contributed by atoms with Gasteiger partial charge in [-0.15, -0.1) is 0 Å². The smallest absolute Gasteiger partial charge is 0.231 e. The minimum atomic E-state index is -1.44. The van der Waals surface area contributed by atoms with Gasteiger partial charge < -0.3 is 9.72 Å². The number of nitrogens with one attached hydrogen (secondary N) is 3. The van der Waals surface area contributed by atoms with E-state index >= 15 is 4.39 Å². The molecule has 0 spiro atoms. The zero-order valence-corrected chi connectivity index (χ0v) is 21.5. The van der Waals surface area contributed by atoms with Crippen molar-refractivity contribution in [2.75, 3.05) is 5.32 Å². The zero-order chi connectivity index (χ0) is 25.9. The first-order valence-corrected chi connectivity index (χ1v) is 12.8. The Morgan fingerprint density at radius 3 is 2.72 bits per heavy atom. The summed E-state index contributed by atoms with van der Waals surface area (Å²) in [6.07, 6.45) is 5.26. The molecule has 190 valence electrons. The van der Waals surface area contributed by atoms with Gasteiger partial charge in [0.1, 0.15) is 12.0 Å². The van der Waals surface area contributed by atoms with E-state index in [1.807, 2.05) is 20.8 Å². The molecule has 1 fully saturated rings. The number of aromatic amines is 1. The molecule has 3 heterocycles. The Morgan fingerprint density at radius 1 is 1.33 bits per heavy atom. The molecule has 0 bridgehead atoms. The topological polar surface area (TPSA) is 117 Å². The molecule has 4 atom stereocenters. The molecule has 1 saturated carbocycles. The first-order valence-electron chi connectivity index (χ1n) is 11.3. The van der Waals surface area contributed by atoms with Gasteiger partial charge in [-0.3, -0.25) is 14.9 Å². The normalized spacial score (nSPS) is 19.5. The number of imidazole rings is 1. The molecular weight excluding hydrogens is 512 g/mol. The molecule has 13 heteroatoms. The highest BCUT2D eigenvalue weighted by molar-refractivity contribution is 7.84. The van der Waals surface area contributed by atoms with Crippen LogP contribution in [0.4, 0.5) is 14.6 Å². The number of amides is 1. The highest BCUT2D eigenvalue weighted by Gasteiger charge is 2.43. The van der Waals surface area contributed by atoms with Gasteiger partial charge in [0.2, 0.25) is 5.91 Å². The van der Waals surface area contributed by atoms with Crippen molar-refractivity contribution in [2.45, 2.75) is 51.1 Å². The number of carbonyl (C=O) groups is 1. The number of hydrogen-bond acceptors (Lipinski definition) is 5. The first-order chi connectivity index (χ1) is 17.0. The lowest BCUT2D eigenvalue weighted by molar-refractivity contribution is -0.117. The number of benzene rings is 1. The number of anilines is 1. The maximum Gasteiger partial charge on any atom is 0.231 e. The molecule has 0 saturated heterocycles. The molecule has 1 amide bonds. The SMILES string of the molecule is C[C@H](NS(=O)C(C)(C)C)c1c(F)c(Cl)c(-c2cn3cc(NC(=O)[C@@H]4C[C@@H]4F)nc3cn2)c2cn[nH]c12. The maximum absolute atomic E-state index is 15.7. The van der Waals surface area contributed by atoms with Crippen LogP contribution in [-0.2, 0) is 15.8 Å². The van der Waals surface area contributed by atoms with Crippen LogP contribution in [0.5, 0.6) is 0 Å². The van der Waals surface area contributed by atoms with Gasteiger partial charge in [0.05, 0.1) is 56.5 Å². The van der Waals surface area contributed by atoms with Crippen molar-refractivity contribution in [2.24, 2.45) is 5.92 Å². The fourth-order valence-electron chi connectivity index (χ4n) is 3.93. The second-order valence-corrected chi connectivity index (χ2v) is 12.2. The number of hydrogen-bond donors (Lipinski definition) is 3. The van der Waals surface area contributed by atoms with E-state index in [-0.39, 0.29) is 22.8 Å². The number of nitrogens with zero attached hydrogens (tertiary/aromatic N) is 4. The Hall–Kier alpha value is -2.96. The number of aromatic nitrogens is 5. The largest absolute Gasteiger partial charge is 0.309 e. The molecule has 36 heavy (non-hydrogen) atoms. The van der Waals surface area contributed by atoms with Gasteiger partial charge in [-0.1, -0.05) is 11.6 Å². The van der Waals surface area contributed by atoms with E-state index in [0.29, 0.717) is 27.8 Å². The number of alkyl halides is 1. The van der Waals surface area contributed by atoms with Gasteiger partial charge in [-0.25, -0.2) is 22.7 Å². The number of rotatable bonds is 6. The standard InChI is InChI=1S/C23H24ClF2N7O2S/c1-10(32-36(35)23(2,3)4)17-20(26)19(24)18(12-6-28-31-21(12)17)14-8-33-9-15(29-16(33)7-27-14)30-22(34)11-5-13(11)25/h6-11,13,32H,5H2,1-4H3,(H,28,31)(H,30,34)/t10-,11+,13-,36?/m0/s1. The summed E-state index contributed by atoms with van der Waals surface area (Å²) in [5.41, 5.74) is 1.73. The number of halogens is 3. The van der Waals surface area contributed by atoms with Crippen molar-refractivity contribution in [3.63, 3.8) is 0 Å². The van der Waals surface area contributed by atoms with Crippen molar-refractivity contribution in [1.29, 1.82) is 0 Å². The molecule has 5 rings (SSSR count). The van der Waals surface area contributed by atoms with E-state index in [1.54, 1.807) is 23.7 Å². The summed E-state index contributed by atoms with van der Waals surface area (Å²) in [5, 5.41) is 9.90. The Kier molecular flexibility index (Phi) is 6.08. The van der Waals surface area contributed by atoms with Crippen LogP contribution < -0.4 is 10.0 Å². The van der Waals surface area contributed by atoms with Crippen molar-refractivity contribution >= 4 is 50.9 Å². The summed E-state index contributed by atoms with van der Waals surface area (Å²) in [6.45, 7) is 7.16. The lowest BCUT2D eigenvalue weighted by Gasteiger charge is -2.23. The van der Waals surface area contributed by atoms with Crippen LogP contribution in [0.15, 0.2) is 24.8 Å². The first kappa shape index (κ1) is 24.7. The van der Waals surface area contributed by atoms with Crippen LogP contribution >= 0.6 is 11.6 Å². The van der Waals surface area contributed by atoms with Gasteiger partial charge in [0, 0.05) is 28.8 Å². The van der Waals surface area contributed by atoms with E-state index in [4.69, 9.17) is 11.6 Å². The van der Waals surface area contributed by atoms with Crippen LogP contribution in [0.3, 0.4) is 0 Å². The fourth-order valence-corrected chi connectivity index (χ4v) is 5.03. The van der Waals surface area contributed by atoms with E-state index in [9.17, 15) is 13.4 Å². The van der Waals surface area contributed by atoms with E-state index in [0.717, 1.165) is 0 Å². The molecule has 9 nitrogen and oxygen atoms in total. The van der Waals surface area contributed by atoms with Crippen LogP contribution in [0.1, 0.15) is 45.7 Å². The molecule has 0 radical (unpaired) electrons. The fraction of sp³-hybridized carbons (Fsp3) is 0.391. The van der Waals surface area contributed by atoms with Gasteiger partial charge in [-0.2, -0.15) is 5.10 Å². The third kappa shape index (κ3) is 4.37. The summed E-state index contributed by atoms with van der Waals surface area (Å²) in [7, 11) is -1.44. The van der Waals surface area contributed by atoms with Gasteiger partial charge in [0.25, 0.3) is 0 Å². The highest BCUT2D eigenvalue weighted by Crippen LogP contribution is 2.40. The minimum absolute atomic E-state index is 0.155. The van der Waals surface area contributed by atoms with Gasteiger partial charge in [0.15, 0.2) is 11.5 Å². The average molecular weight is 536 g/mol. The molecule has 1 aliphatic rings. The Bertz CT molecular complexity index is 1530. The average Bonchev–Trinajstić information content (AvgIpc) is 3.16. The van der Waals surface area contributed by atoms with Crippen molar-refractivity contribution in [3.8, 4) is 11.3 Å². The maximum atomic E-state index is 15.7. The van der Waals surface area contributed by atoms with Gasteiger partial charge >= 0.3 is 0 Å². The highest BCUT2D eigenvalue weighted by atomic mass is 35.5. The molecule has 1 aromatic carbocycles. The third-order valence-electron chi connectivity index (χ3n) is 6.00. The third-order valence-corrected chi connectivity index (χ3v) is 8.03. The van der Waals surface area contributed by atoms with Crippen molar-refractivity contribution in [1.82, 2.24) is 29.3 Å². The van der Waals surface area contributed by atoms with E-state index in [1.165, 1.54) is 12.4 Å². The lowest BCUT2D eigenvalue weighted by atomic mass is 9.99. The van der Waals surface area contributed by atoms with Crippen LogP contribution in [-0.4, -0.2) is 45.6 Å². The number of fused-ring (bicyclic) bond motifs is 2. The predicted molar refractivity (Wildman–Crippen MR) is 134 cm³/mol. The van der Waals surface area contributed by atoms with E-state index < -0.39 is 45.6 Å². The van der Waals surface area contributed by atoms with Gasteiger partial charge in [-0.05, 0) is 34.1 Å². The molecule has 3 aromatic heterocycles. The second kappa shape index (κ2) is 8.86. The molecular formula is C23H24ClF2N7O2S. The summed E-state index contributed by atoms with van der Waals surface area (Å²) in [5.74, 6) is -1.49. The number of carbonyl (C=O) groups excluding carboxylic acids is 1. The predicted octanol–water partition coefficient (Wildman–Crippen LogP) is 4.47. The lowest BCUT2D eigenvalue weighted by Crippen LogP contribution is -2.35. The second-order valence-electron chi connectivity index (χ2n) is 9.81. The molecule has 0 aliphatic heterocycles. The zero-order valence-electron chi connectivity index (χ0n) is 19.9. The molecule has 3 N–H and O–H groups in total. The summed E-state index contributed by atoms with van der Waals surface area (Å²) in [4.78, 5) is 20.7. The summed E-state index contributed by atoms with van der Waals surface area (Å²) in [6, 6.07) is -0.634. The van der Waals surface area contributed by atoms with E-state index in [2.05, 4.69) is 30.2 Å². The molecule has 4 aromatic rings. The quantitative estimate of drug-likeness (QED) is 0.337. The minimum Gasteiger partial charge on any atom is -0.309 e. The monoisotopic (exact) mass is 535 g/mol. The molecule has 1 aliphatic carbocycles. The van der Waals surface area contributed by atoms with Crippen LogP contribution in [0.2, 0.25) is 5.02 Å². The van der Waals surface area contributed by atoms with Crippen molar-refractivity contribution in [3.05, 3.63) is 41.2 Å². The molecule has 1 unspecified atom stereocenters. The van der Waals surface area contributed by atoms with Crippen LogP contribution in [0.25, 0.3) is 27.8 Å². The number of H-pyrrole nitrogens is 1. The Labute approximate surface area is 212 Å². The Balaban J connectivity index is 1.53. The Morgan fingerprint density at radius 2 is 2.06 bits per heavy atom.